The number of aryl methyl sites for hydroxylation is 3. The van der Waals surface area contributed by atoms with E-state index in [1.54, 1.807) is 0 Å². The monoisotopic (exact) mass is 210 g/mol. The van der Waals surface area contributed by atoms with E-state index in [2.05, 4.69) is 16.0 Å². The van der Waals surface area contributed by atoms with Gasteiger partial charge in [-0.3, -0.25) is 9.97 Å². The number of rotatable bonds is 0. The van der Waals surface area contributed by atoms with Crippen LogP contribution in [0, 0.1) is 26.8 Å². The number of aromatic nitrogens is 2. The van der Waals surface area contributed by atoms with Gasteiger partial charge in [0.05, 0.1) is 0 Å². The summed E-state index contributed by atoms with van der Waals surface area (Å²) in [5.41, 5.74) is 1.83. The van der Waals surface area contributed by atoms with Crippen molar-refractivity contribution in [3.05, 3.63) is 23.3 Å². The second kappa shape index (κ2) is 4.14. The van der Waals surface area contributed by atoms with Crippen LogP contribution in [0.2, 0.25) is 0 Å². The minimum atomic E-state index is 0. The molecule has 0 saturated heterocycles. The van der Waals surface area contributed by atoms with Crippen molar-refractivity contribution < 1.29 is 32.7 Å². The van der Waals surface area contributed by atoms with Crippen LogP contribution in [0.3, 0.4) is 0 Å². The first-order chi connectivity index (χ1) is 4.18. The fourth-order valence-corrected chi connectivity index (χ4v) is 0.828. The molecule has 0 aromatic carbocycles. The molecule has 0 fully saturated rings. The summed E-state index contributed by atoms with van der Waals surface area (Å²) in [6.07, 6.45) is 0. The molecule has 0 atom stereocenters. The van der Waals surface area contributed by atoms with E-state index in [9.17, 15) is 0 Å². The van der Waals surface area contributed by atoms with Crippen LogP contribution in [0.4, 0.5) is 0 Å². The summed E-state index contributed by atoms with van der Waals surface area (Å²) >= 11 is 0. The van der Waals surface area contributed by atoms with Gasteiger partial charge in [-0.2, -0.15) is 0 Å². The fraction of sp³-hybridized carbons (Fsp3) is 0.429. The van der Waals surface area contributed by atoms with E-state index in [1.807, 2.05) is 20.8 Å². The molecular weight excluding hydrogens is 201 g/mol. The molecule has 0 spiro atoms. The fourth-order valence-electron chi connectivity index (χ4n) is 0.828. The Balaban J connectivity index is 0.000000810. The molecule has 0 aliphatic heterocycles. The topological polar surface area (TPSA) is 25.8 Å². The Morgan fingerprint density at radius 1 is 1.00 bits per heavy atom. The predicted octanol–water partition coefficient (Wildman–Crippen LogP) is 1.20. The largest absolute Gasteiger partial charge is 0.427 e. The molecular formula is C7H9N2Y-. The molecule has 10 heavy (non-hydrogen) atoms. The van der Waals surface area contributed by atoms with Crippen molar-refractivity contribution in [2.75, 3.05) is 0 Å². The van der Waals surface area contributed by atoms with Crippen molar-refractivity contribution in [1.29, 1.82) is 0 Å². The smallest absolute Gasteiger partial charge is 0.118 e. The van der Waals surface area contributed by atoms with E-state index in [0.29, 0.717) is 0 Å². The summed E-state index contributed by atoms with van der Waals surface area (Å²) in [6.45, 7) is 5.72. The van der Waals surface area contributed by atoms with Crippen molar-refractivity contribution in [1.82, 2.24) is 9.97 Å². The molecule has 0 aliphatic carbocycles. The van der Waals surface area contributed by atoms with Gasteiger partial charge in [-0.1, -0.05) is 13.8 Å². The average Bonchev–Trinajstić information content (AvgIpc) is 1.59. The van der Waals surface area contributed by atoms with Crippen LogP contribution in [0.5, 0.6) is 0 Å². The maximum atomic E-state index is 4.07. The maximum absolute atomic E-state index is 4.07. The third kappa shape index (κ3) is 2.85. The van der Waals surface area contributed by atoms with Crippen LogP contribution >= 0.6 is 0 Å². The number of nitrogens with zero attached hydrogens (tertiary/aromatic N) is 2. The van der Waals surface area contributed by atoms with Crippen molar-refractivity contribution >= 4 is 0 Å². The first-order valence-corrected chi connectivity index (χ1v) is 2.89. The third-order valence-electron chi connectivity index (χ3n) is 1.02. The van der Waals surface area contributed by atoms with E-state index in [4.69, 9.17) is 0 Å². The summed E-state index contributed by atoms with van der Waals surface area (Å²) in [7, 11) is 0. The molecule has 2 nitrogen and oxygen atoms in total. The third-order valence-corrected chi connectivity index (χ3v) is 1.02. The van der Waals surface area contributed by atoms with E-state index < -0.39 is 0 Å². The SMILES string of the molecule is Cc1[c-]c(C)nc(C)n1.[Y]. The van der Waals surface area contributed by atoms with Gasteiger partial charge < -0.3 is 6.07 Å². The molecule has 1 heterocycles. The van der Waals surface area contributed by atoms with Crippen molar-refractivity contribution in [2.24, 2.45) is 0 Å². The van der Waals surface area contributed by atoms with Crippen LogP contribution in [0.1, 0.15) is 17.2 Å². The molecule has 1 aromatic rings. The summed E-state index contributed by atoms with van der Waals surface area (Å²) in [5, 5.41) is 0. The van der Waals surface area contributed by atoms with Gasteiger partial charge >= 0.3 is 0 Å². The van der Waals surface area contributed by atoms with E-state index in [0.717, 1.165) is 17.2 Å². The first kappa shape index (κ1) is 10.2. The van der Waals surface area contributed by atoms with E-state index >= 15 is 0 Å². The Bertz CT molecular complexity index is 172. The van der Waals surface area contributed by atoms with Gasteiger partial charge in [-0.25, -0.2) is 0 Å². The van der Waals surface area contributed by atoms with Crippen LogP contribution in [0.25, 0.3) is 0 Å². The average molecular weight is 210 g/mol. The van der Waals surface area contributed by atoms with Gasteiger partial charge in [0.15, 0.2) is 0 Å². The van der Waals surface area contributed by atoms with Gasteiger partial charge in [0.2, 0.25) is 0 Å². The predicted molar refractivity (Wildman–Crippen MR) is 35.1 cm³/mol. The molecule has 0 unspecified atom stereocenters. The molecule has 0 N–H and O–H groups in total. The molecule has 0 bridgehead atoms. The van der Waals surface area contributed by atoms with Crippen molar-refractivity contribution in [3.8, 4) is 0 Å². The zero-order chi connectivity index (χ0) is 6.85. The Kier molecular flexibility index (Phi) is 4.22. The minimum Gasteiger partial charge on any atom is -0.427 e. The van der Waals surface area contributed by atoms with Gasteiger partial charge in [-0.15, -0.1) is 11.4 Å². The van der Waals surface area contributed by atoms with Crippen LogP contribution in [-0.4, -0.2) is 9.97 Å². The second-order valence-electron chi connectivity index (χ2n) is 2.07. The van der Waals surface area contributed by atoms with Gasteiger partial charge in [0.25, 0.3) is 0 Å². The summed E-state index contributed by atoms with van der Waals surface area (Å²) in [4.78, 5) is 8.14. The molecule has 0 saturated carbocycles. The quantitative estimate of drug-likeness (QED) is 0.601. The number of hydrogen-bond donors (Lipinski definition) is 0. The minimum absolute atomic E-state index is 0. The van der Waals surface area contributed by atoms with Gasteiger partial charge in [0, 0.05) is 32.7 Å². The van der Waals surface area contributed by atoms with Crippen LogP contribution in [-0.2, 0) is 32.7 Å². The van der Waals surface area contributed by atoms with E-state index in [1.165, 1.54) is 0 Å². The molecule has 1 aromatic heterocycles. The second-order valence-corrected chi connectivity index (χ2v) is 2.07. The maximum Gasteiger partial charge on any atom is 0.118 e. The molecule has 0 aliphatic rings. The van der Waals surface area contributed by atoms with Gasteiger partial charge in [0.1, 0.15) is 5.82 Å². The number of hydrogen-bond acceptors (Lipinski definition) is 2. The molecule has 1 rings (SSSR count). The van der Waals surface area contributed by atoms with Gasteiger partial charge in [-0.05, 0) is 6.92 Å². The first-order valence-electron chi connectivity index (χ1n) is 2.89. The standard InChI is InChI=1S/C7H9N2.Y/c1-5-4-6(2)9-7(3)8-5;/h1-3H3;/q-1;. The Morgan fingerprint density at radius 3 is 1.70 bits per heavy atom. The van der Waals surface area contributed by atoms with Crippen LogP contribution in [0.15, 0.2) is 0 Å². The normalized spacial score (nSPS) is 8.70. The molecule has 0 amide bonds. The van der Waals surface area contributed by atoms with Crippen molar-refractivity contribution in [2.45, 2.75) is 20.8 Å². The molecule has 51 valence electrons. The molecule has 3 heteroatoms. The van der Waals surface area contributed by atoms with Crippen LogP contribution < -0.4 is 0 Å². The summed E-state index contributed by atoms with van der Waals surface area (Å²) < 4.78 is 0. The summed E-state index contributed by atoms with van der Waals surface area (Å²) in [5.74, 6) is 0.823. The Morgan fingerprint density at radius 2 is 1.40 bits per heavy atom. The molecule has 1 radical (unpaired) electrons. The Hall–Kier alpha value is 0.184. The summed E-state index contributed by atoms with van der Waals surface area (Å²) in [6, 6.07) is 2.99. The Labute approximate surface area is 86.3 Å². The zero-order valence-corrected chi connectivity index (χ0v) is 9.31. The zero-order valence-electron chi connectivity index (χ0n) is 6.47. The van der Waals surface area contributed by atoms with Crippen molar-refractivity contribution in [3.63, 3.8) is 0 Å². The van der Waals surface area contributed by atoms with E-state index in [-0.39, 0.29) is 32.7 Å².